The number of hydrogen-bond acceptors (Lipinski definition) is 3. The van der Waals surface area contributed by atoms with Crippen molar-refractivity contribution in [2.45, 2.75) is 53.2 Å². The van der Waals surface area contributed by atoms with E-state index in [2.05, 4.69) is 14.1 Å². The van der Waals surface area contributed by atoms with Crippen LogP contribution >= 0.6 is 0 Å². The predicted molar refractivity (Wildman–Crippen MR) is 69.9 cm³/mol. The standard InChI is InChI=1S/C8H12N.C5H5.CHF3O3S.Fe/c1-9(2)7-8-5-3-4-6-8;1-2-4-5-3-1;2-1(3,4)8(5,6)7;/h3-6H,7H2,1-2H3;1-5H;(H,5,6,7);. The molecule has 23 heavy (non-hydrogen) atoms. The molecule has 0 saturated carbocycles. The van der Waals surface area contributed by atoms with Gasteiger partial charge in [0.2, 0.25) is 0 Å². The number of alkyl halides is 3. The third-order valence-electron chi connectivity index (χ3n) is 15.9. The van der Waals surface area contributed by atoms with Gasteiger partial charge < -0.3 is 4.55 Å². The Kier molecular flexibility index (Phi) is 0.572. The fraction of sp³-hybridized carbons (Fsp3) is 1.00. The molecule has 1 N–H and O–H groups in total. The van der Waals surface area contributed by atoms with Gasteiger partial charge in [0.25, 0.3) is 0 Å². The molecule has 0 amide bonds. The van der Waals surface area contributed by atoms with Gasteiger partial charge in [-0.1, -0.05) is 0 Å². The van der Waals surface area contributed by atoms with Crippen LogP contribution in [0.2, 0.25) is 47.7 Å². The first-order valence-corrected chi connectivity index (χ1v) is 15.9. The van der Waals surface area contributed by atoms with Gasteiger partial charge in [-0.25, -0.2) is 8.42 Å². The molecular weight excluding hydrogens is 375 g/mol. The van der Waals surface area contributed by atoms with Gasteiger partial charge in [-0.15, -0.1) is 0 Å². The number of halogens is 3. The van der Waals surface area contributed by atoms with Crippen molar-refractivity contribution in [1.82, 2.24) is 0 Å². The summed E-state index contributed by atoms with van der Waals surface area (Å²) in [5, 5.41) is 0. The summed E-state index contributed by atoms with van der Waals surface area (Å²) in [6.07, 6.45) is 0. The fourth-order valence-electron chi connectivity index (χ4n) is 17.7. The zero-order chi connectivity index (χ0) is 16.3. The molecule has 9 heteroatoms. The number of quaternary nitrogens is 1. The van der Waals surface area contributed by atoms with E-state index in [1.807, 2.05) is 4.90 Å². The molecule has 10 rings (SSSR count). The Balaban J connectivity index is 0.000000107. The Hall–Kier alpha value is 0.179. The van der Waals surface area contributed by atoms with E-state index in [0.29, 0.717) is 0 Å². The fourth-order valence-corrected chi connectivity index (χ4v) is 92.7. The minimum absolute atomic E-state index is 1.18. The summed E-state index contributed by atoms with van der Waals surface area (Å²) in [4.78, 5) is 15.6. The van der Waals surface area contributed by atoms with Crippen LogP contribution in [-0.4, -0.2) is 39.1 Å². The smallest absolute Gasteiger partial charge is 0.485 e. The van der Waals surface area contributed by atoms with Crippen LogP contribution in [-0.2, 0) is 16.6 Å². The number of hydrogen-bond donors (Lipinski definition) is 1. The minimum Gasteiger partial charge on any atom is -0.741 e. The maximum Gasteiger partial charge on any atom is 0.485 e. The monoisotopic (exact) mass is 393 g/mol. The van der Waals surface area contributed by atoms with E-state index in [1.165, 1.54) is 13.9 Å². The Morgan fingerprint density at radius 3 is 1.48 bits per heavy atom. The molecule has 10 heterocycles. The van der Waals surface area contributed by atoms with Crippen LogP contribution in [0.3, 0.4) is 0 Å². The van der Waals surface area contributed by atoms with Gasteiger partial charge in [0.15, 0.2) is 10.1 Å². The van der Waals surface area contributed by atoms with Crippen LogP contribution < -0.4 is 4.90 Å². The van der Waals surface area contributed by atoms with E-state index in [4.69, 9.17) is 13.0 Å². The van der Waals surface area contributed by atoms with Crippen molar-refractivity contribution in [3.8, 4) is 0 Å². The third-order valence-corrected chi connectivity index (χ3v) is 59.4. The Labute approximate surface area is 121 Å². The van der Waals surface area contributed by atoms with Gasteiger partial charge in [0.05, 0.1) is 0 Å². The second-order valence-corrected chi connectivity index (χ2v) is 37.2. The summed E-state index contributed by atoms with van der Waals surface area (Å²) in [6, 6.07) is 0. The van der Waals surface area contributed by atoms with Crippen LogP contribution in [0.4, 0.5) is 13.2 Å². The first-order chi connectivity index (χ1) is 10.2. The van der Waals surface area contributed by atoms with Crippen molar-refractivity contribution in [3.63, 3.8) is 0 Å². The molecule has 4 nitrogen and oxygen atoms in total. The Morgan fingerprint density at radius 2 is 1.35 bits per heavy atom. The molecule has 4 unspecified atom stereocenters. The number of fused-ring (bicyclic) bond motifs is 10. The maximum absolute atomic E-state index is 10.7. The van der Waals surface area contributed by atoms with Crippen LogP contribution in [0, 0.1) is 0 Å². The summed E-state index contributed by atoms with van der Waals surface area (Å²) in [5.41, 5.74) is -5.65. The van der Waals surface area contributed by atoms with Gasteiger partial charge in [0.1, 0.15) is 0 Å². The molecule has 0 aromatic carbocycles. The maximum atomic E-state index is 10.7. The second kappa shape index (κ2) is 1.12. The third kappa shape index (κ3) is 0.175. The van der Waals surface area contributed by atoms with Crippen molar-refractivity contribution in [1.29, 1.82) is 0 Å². The van der Waals surface area contributed by atoms with E-state index in [-0.39, 0.29) is 0 Å². The minimum atomic E-state index is -6.09. The Bertz CT molecular complexity index is 1150. The molecule has 0 radical (unpaired) electrons. The van der Waals surface area contributed by atoms with Crippen LogP contribution in [0.15, 0.2) is 0 Å². The first kappa shape index (κ1) is 11.7. The van der Waals surface area contributed by atoms with E-state index in [0.717, 1.165) is 0 Å². The van der Waals surface area contributed by atoms with Gasteiger partial charge in [-0.2, -0.15) is 13.2 Å². The first-order valence-electron chi connectivity index (χ1n) is 8.24. The zero-order valence-electron chi connectivity index (χ0n) is 12.5. The molecule has 10 saturated heterocycles. The van der Waals surface area contributed by atoms with E-state index < -0.39 is 22.1 Å². The van der Waals surface area contributed by atoms with Crippen LogP contribution in [0.5, 0.6) is 0 Å². The predicted octanol–water partition coefficient (Wildman–Crippen LogP) is 1.94. The molecule has 4 atom stereocenters. The van der Waals surface area contributed by atoms with Crippen molar-refractivity contribution < 1.29 is 37.6 Å². The van der Waals surface area contributed by atoms with Crippen molar-refractivity contribution in [3.05, 3.63) is 0 Å². The van der Waals surface area contributed by atoms with Crippen LogP contribution in [0.25, 0.3) is 0 Å². The summed E-state index contributed by atoms with van der Waals surface area (Å²) >= 11 is 0. The van der Waals surface area contributed by atoms with E-state index >= 15 is 0 Å². The number of rotatable bonds is 2. The van der Waals surface area contributed by atoms with E-state index in [1.54, 1.807) is 40.3 Å². The average molecular weight is 393 g/mol. The molecule has 0 aliphatic carbocycles. The molecule has 10 aliphatic rings. The van der Waals surface area contributed by atoms with Gasteiger partial charge >= 0.3 is 85.2 Å². The van der Waals surface area contributed by atoms with Crippen LogP contribution in [0.1, 0.15) is 0 Å². The van der Waals surface area contributed by atoms with Crippen molar-refractivity contribution in [2.24, 2.45) is 0 Å². The number of nitrogens with one attached hydrogen (secondary N) is 1. The molecule has 0 bridgehead atoms. The molecule has 10 fully saturated rings. The molecule has 0 aromatic heterocycles. The van der Waals surface area contributed by atoms with E-state index in [9.17, 15) is 13.2 Å². The van der Waals surface area contributed by atoms with Crippen molar-refractivity contribution >= 4 is 10.1 Å². The molecule has 0 aromatic rings. The molecule has 132 valence electrons. The SMILES string of the molecule is C[NH+](C)C[C]12[CH]3[CH]4[CH]5[CH]1[Fe]45321678[CH]2[CH]1[CH]6[CH]7[CH]28.O=S(=O)([O-])C(F)(F)F. The largest absolute Gasteiger partial charge is 0.741 e. The average Bonchev–Trinajstić information content (AvgIpc) is 3.31. The summed E-state index contributed by atoms with van der Waals surface area (Å²) in [5.74, 6) is 0. The summed E-state index contributed by atoms with van der Waals surface area (Å²) in [7, 11) is -1.22. The summed E-state index contributed by atoms with van der Waals surface area (Å²) in [6.45, 7) is -0.964. The van der Waals surface area contributed by atoms with Gasteiger partial charge in [-0.3, -0.25) is 0 Å². The quantitative estimate of drug-likeness (QED) is 0.443. The normalized spacial score (nSPS) is 92.2. The van der Waals surface area contributed by atoms with Gasteiger partial charge in [0, 0.05) is 0 Å². The molecule has 10 aliphatic heterocycles. The van der Waals surface area contributed by atoms with Gasteiger partial charge in [-0.05, 0) is 0 Å². The Morgan fingerprint density at radius 1 is 1.00 bits per heavy atom. The summed E-state index contributed by atoms with van der Waals surface area (Å²) < 4.78 is 60.1. The topological polar surface area (TPSA) is 61.6 Å². The zero-order valence-corrected chi connectivity index (χ0v) is 14.4. The second-order valence-electron chi connectivity index (χ2n) is 12.1. The van der Waals surface area contributed by atoms with Crippen molar-refractivity contribution in [2.75, 3.05) is 20.6 Å². The molecular formula is C14H18F3FeNO3S. The molecule has 1 spiro atoms.